The minimum atomic E-state index is -0.964. The molecule has 0 bridgehead atoms. The van der Waals surface area contributed by atoms with Crippen molar-refractivity contribution in [2.45, 2.75) is 13.0 Å². The van der Waals surface area contributed by atoms with Crippen molar-refractivity contribution in [3.8, 4) is 0 Å². The number of hydrogen-bond donors (Lipinski definition) is 2. The van der Waals surface area contributed by atoms with Crippen molar-refractivity contribution >= 4 is 17.6 Å². The second-order valence-corrected chi connectivity index (χ2v) is 3.98. The van der Waals surface area contributed by atoms with E-state index in [1.54, 1.807) is 33.2 Å². The Bertz CT molecular complexity index is 412. The van der Waals surface area contributed by atoms with Gasteiger partial charge in [-0.1, -0.05) is 0 Å². The molecule has 1 atom stereocenters. The van der Waals surface area contributed by atoms with E-state index in [1.165, 1.54) is 17.0 Å². The highest BCUT2D eigenvalue weighted by molar-refractivity contribution is 5.88. The molecule has 92 valence electrons. The average Bonchev–Trinajstić information content (AvgIpc) is 2.28. The highest BCUT2D eigenvalue weighted by Crippen LogP contribution is 2.11. The molecule has 0 fully saturated rings. The fraction of sp³-hybridized carbons (Fsp3) is 0.333. The Kier molecular flexibility index (Phi) is 4.09. The predicted octanol–water partition coefficient (Wildman–Crippen LogP) is 1.27. The van der Waals surface area contributed by atoms with Crippen LogP contribution in [0.2, 0.25) is 0 Å². The molecule has 1 rings (SSSR count). The van der Waals surface area contributed by atoms with E-state index in [0.717, 1.165) is 5.69 Å². The molecule has 0 aliphatic rings. The third kappa shape index (κ3) is 3.48. The predicted molar refractivity (Wildman–Crippen MR) is 65.2 cm³/mol. The van der Waals surface area contributed by atoms with Gasteiger partial charge in [0.1, 0.15) is 6.04 Å². The van der Waals surface area contributed by atoms with Crippen molar-refractivity contribution in [2.24, 2.45) is 0 Å². The molecule has 0 heterocycles. The molecular weight excluding hydrogens is 220 g/mol. The van der Waals surface area contributed by atoms with E-state index >= 15 is 0 Å². The van der Waals surface area contributed by atoms with Gasteiger partial charge in [0, 0.05) is 19.8 Å². The zero-order valence-electron chi connectivity index (χ0n) is 10.1. The SMILES string of the molecule is CC(Nc1ccc(C(=O)O)cc1)C(=O)N(C)C. The summed E-state index contributed by atoms with van der Waals surface area (Å²) >= 11 is 0. The summed E-state index contributed by atoms with van der Waals surface area (Å²) in [5.74, 6) is -0.999. The summed E-state index contributed by atoms with van der Waals surface area (Å²) in [5, 5.41) is 11.7. The Morgan fingerprint density at radius 2 is 1.76 bits per heavy atom. The van der Waals surface area contributed by atoms with Gasteiger partial charge in [-0.05, 0) is 31.2 Å². The lowest BCUT2D eigenvalue weighted by atomic mass is 10.2. The highest BCUT2D eigenvalue weighted by atomic mass is 16.4. The standard InChI is InChI=1S/C12H16N2O3/c1-8(11(15)14(2)3)13-10-6-4-9(5-7-10)12(16)17/h4-8,13H,1-3H3,(H,16,17). The van der Waals surface area contributed by atoms with Crippen LogP contribution in [0.3, 0.4) is 0 Å². The first-order valence-electron chi connectivity index (χ1n) is 5.23. The Balaban J connectivity index is 2.69. The lowest BCUT2D eigenvalue weighted by molar-refractivity contribution is -0.129. The van der Waals surface area contributed by atoms with Gasteiger partial charge in [0.05, 0.1) is 5.56 Å². The smallest absolute Gasteiger partial charge is 0.335 e. The average molecular weight is 236 g/mol. The highest BCUT2D eigenvalue weighted by Gasteiger charge is 2.14. The molecule has 5 heteroatoms. The molecule has 17 heavy (non-hydrogen) atoms. The zero-order valence-corrected chi connectivity index (χ0v) is 10.1. The number of carbonyl (C=O) groups excluding carboxylic acids is 1. The Hall–Kier alpha value is -2.04. The molecule has 1 unspecified atom stereocenters. The maximum atomic E-state index is 11.6. The number of aromatic carboxylic acids is 1. The van der Waals surface area contributed by atoms with Gasteiger partial charge in [0.25, 0.3) is 0 Å². The van der Waals surface area contributed by atoms with E-state index in [0.29, 0.717) is 0 Å². The van der Waals surface area contributed by atoms with Crippen LogP contribution in [0, 0.1) is 0 Å². The molecule has 0 saturated carbocycles. The summed E-state index contributed by atoms with van der Waals surface area (Å²) in [4.78, 5) is 23.7. The maximum Gasteiger partial charge on any atom is 0.335 e. The summed E-state index contributed by atoms with van der Waals surface area (Å²) in [6.07, 6.45) is 0. The molecular formula is C12H16N2O3. The lowest BCUT2D eigenvalue weighted by Crippen LogP contribution is -2.36. The van der Waals surface area contributed by atoms with Gasteiger partial charge in [0.2, 0.25) is 5.91 Å². The Morgan fingerprint density at radius 1 is 1.24 bits per heavy atom. The van der Waals surface area contributed by atoms with Crippen LogP contribution in [0.5, 0.6) is 0 Å². The number of carbonyl (C=O) groups is 2. The fourth-order valence-corrected chi connectivity index (χ4v) is 1.41. The van der Waals surface area contributed by atoms with E-state index in [9.17, 15) is 9.59 Å². The largest absolute Gasteiger partial charge is 0.478 e. The summed E-state index contributed by atoms with van der Waals surface area (Å²) in [6.45, 7) is 1.76. The minimum Gasteiger partial charge on any atom is -0.478 e. The van der Waals surface area contributed by atoms with Crippen LogP contribution in [0.15, 0.2) is 24.3 Å². The Morgan fingerprint density at radius 3 is 2.18 bits per heavy atom. The van der Waals surface area contributed by atoms with Crippen molar-refractivity contribution < 1.29 is 14.7 Å². The number of likely N-dealkylation sites (N-methyl/N-ethyl adjacent to an activating group) is 1. The van der Waals surface area contributed by atoms with Crippen molar-refractivity contribution in [3.63, 3.8) is 0 Å². The fourth-order valence-electron chi connectivity index (χ4n) is 1.41. The van der Waals surface area contributed by atoms with Crippen molar-refractivity contribution in [3.05, 3.63) is 29.8 Å². The van der Waals surface area contributed by atoms with Crippen LogP contribution in [0.4, 0.5) is 5.69 Å². The number of hydrogen-bond acceptors (Lipinski definition) is 3. The van der Waals surface area contributed by atoms with Crippen molar-refractivity contribution in [1.29, 1.82) is 0 Å². The normalized spacial score (nSPS) is 11.7. The molecule has 0 aromatic heterocycles. The first kappa shape index (κ1) is 13.0. The third-order valence-electron chi connectivity index (χ3n) is 2.33. The lowest BCUT2D eigenvalue weighted by Gasteiger charge is -2.18. The molecule has 0 saturated heterocycles. The third-order valence-corrected chi connectivity index (χ3v) is 2.33. The first-order chi connectivity index (χ1) is 7.91. The number of nitrogens with one attached hydrogen (secondary N) is 1. The summed E-state index contributed by atoms with van der Waals surface area (Å²) < 4.78 is 0. The first-order valence-corrected chi connectivity index (χ1v) is 5.23. The molecule has 1 aromatic carbocycles. The minimum absolute atomic E-state index is 0.0349. The number of benzene rings is 1. The number of anilines is 1. The summed E-state index contributed by atoms with van der Waals surface area (Å²) in [5.41, 5.74) is 0.944. The van der Waals surface area contributed by atoms with Gasteiger partial charge in [-0.2, -0.15) is 0 Å². The molecule has 1 aromatic rings. The molecule has 0 aliphatic carbocycles. The summed E-state index contributed by atoms with van der Waals surface area (Å²) in [6, 6.07) is 5.93. The second kappa shape index (κ2) is 5.34. The van der Waals surface area contributed by atoms with Crippen LogP contribution in [0.25, 0.3) is 0 Å². The van der Waals surface area contributed by atoms with E-state index in [-0.39, 0.29) is 17.5 Å². The van der Waals surface area contributed by atoms with E-state index < -0.39 is 5.97 Å². The Labute approximate surface area is 100 Å². The van der Waals surface area contributed by atoms with Gasteiger partial charge in [-0.25, -0.2) is 4.79 Å². The van der Waals surface area contributed by atoms with Crippen LogP contribution in [-0.2, 0) is 4.79 Å². The monoisotopic (exact) mass is 236 g/mol. The van der Waals surface area contributed by atoms with Crippen molar-refractivity contribution in [1.82, 2.24) is 4.90 Å². The number of carboxylic acids is 1. The van der Waals surface area contributed by atoms with Gasteiger partial charge in [-0.3, -0.25) is 4.79 Å². The quantitative estimate of drug-likeness (QED) is 0.826. The van der Waals surface area contributed by atoms with Gasteiger partial charge < -0.3 is 15.3 Å². The molecule has 0 spiro atoms. The van der Waals surface area contributed by atoms with Crippen LogP contribution in [-0.4, -0.2) is 42.0 Å². The number of nitrogens with zero attached hydrogens (tertiary/aromatic N) is 1. The van der Waals surface area contributed by atoms with E-state index in [4.69, 9.17) is 5.11 Å². The molecule has 2 N–H and O–H groups in total. The van der Waals surface area contributed by atoms with Gasteiger partial charge in [0.15, 0.2) is 0 Å². The van der Waals surface area contributed by atoms with Crippen LogP contribution < -0.4 is 5.32 Å². The number of rotatable bonds is 4. The maximum absolute atomic E-state index is 11.6. The van der Waals surface area contributed by atoms with Gasteiger partial charge >= 0.3 is 5.97 Å². The molecule has 1 amide bonds. The molecule has 5 nitrogen and oxygen atoms in total. The van der Waals surface area contributed by atoms with Gasteiger partial charge in [-0.15, -0.1) is 0 Å². The van der Waals surface area contributed by atoms with E-state index in [1.807, 2.05) is 0 Å². The number of amides is 1. The molecule has 0 radical (unpaired) electrons. The number of carboxylic acid groups (broad SMARTS) is 1. The van der Waals surface area contributed by atoms with Crippen LogP contribution >= 0.6 is 0 Å². The summed E-state index contributed by atoms with van der Waals surface area (Å²) in [7, 11) is 3.38. The van der Waals surface area contributed by atoms with E-state index in [2.05, 4.69) is 5.32 Å². The second-order valence-electron chi connectivity index (χ2n) is 3.98. The zero-order chi connectivity index (χ0) is 13.0. The topological polar surface area (TPSA) is 69.6 Å². The van der Waals surface area contributed by atoms with Crippen LogP contribution in [0.1, 0.15) is 17.3 Å². The van der Waals surface area contributed by atoms with Crippen molar-refractivity contribution in [2.75, 3.05) is 19.4 Å². The molecule has 0 aliphatic heterocycles.